The second kappa shape index (κ2) is 6.21. The zero-order valence-corrected chi connectivity index (χ0v) is 12.6. The predicted molar refractivity (Wildman–Crippen MR) is 83.3 cm³/mol. The lowest BCUT2D eigenvalue weighted by Gasteiger charge is -2.31. The van der Waals surface area contributed by atoms with E-state index in [-0.39, 0.29) is 0 Å². The van der Waals surface area contributed by atoms with Crippen LogP contribution in [-0.4, -0.2) is 18.5 Å². The quantitative estimate of drug-likeness (QED) is 0.756. The molecule has 0 fully saturated rings. The Bertz CT molecular complexity index is 479. The van der Waals surface area contributed by atoms with Crippen molar-refractivity contribution in [3.05, 3.63) is 58.7 Å². The van der Waals surface area contributed by atoms with Gasteiger partial charge in [0.15, 0.2) is 0 Å². The van der Waals surface area contributed by atoms with Gasteiger partial charge in [0.1, 0.15) is 0 Å². The van der Waals surface area contributed by atoms with Gasteiger partial charge in [0.2, 0.25) is 0 Å². The Morgan fingerprint density at radius 2 is 1.74 bits per heavy atom. The number of rotatable bonds is 4. The first kappa shape index (κ1) is 14.1. The van der Waals surface area contributed by atoms with Crippen LogP contribution in [0.5, 0.6) is 0 Å². The van der Waals surface area contributed by atoms with Crippen LogP contribution in [0, 0.1) is 6.92 Å². The first-order valence-corrected chi connectivity index (χ1v) is 7.25. The summed E-state index contributed by atoms with van der Waals surface area (Å²) in [5, 5.41) is 0. The summed E-state index contributed by atoms with van der Waals surface area (Å²) in [6.45, 7) is 7.66. The molecule has 0 aromatic heterocycles. The Kier molecular flexibility index (Phi) is 4.60. The van der Waals surface area contributed by atoms with E-state index in [9.17, 15) is 0 Å². The molecule has 0 spiro atoms. The van der Waals surface area contributed by atoms with E-state index in [0.717, 1.165) is 6.54 Å². The molecule has 0 bridgehead atoms. The fraction of sp³-hybridized carbons (Fsp3) is 0.444. The molecule has 1 aromatic carbocycles. The lowest BCUT2D eigenvalue weighted by Crippen LogP contribution is -2.26. The number of hydrogen-bond acceptors (Lipinski definition) is 1. The van der Waals surface area contributed by atoms with Crippen molar-refractivity contribution < 1.29 is 0 Å². The highest BCUT2D eigenvalue weighted by molar-refractivity contribution is 5.35. The number of likely N-dealkylation sites (N-methyl/N-ethyl adjacent to an activating group) is 1. The van der Waals surface area contributed by atoms with E-state index in [2.05, 4.69) is 69.1 Å². The van der Waals surface area contributed by atoms with Gasteiger partial charge in [0, 0.05) is 0 Å². The van der Waals surface area contributed by atoms with Crippen molar-refractivity contribution in [1.29, 1.82) is 0 Å². The molecule has 1 nitrogen and oxygen atoms in total. The van der Waals surface area contributed by atoms with Gasteiger partial charge in [-0.25, -0.2) is 0 Å². The second-order valence-corrected chi connectivity index (χ2v) is 5.64. The van der Waals surface area contributed by atoms with E-state index in [0.29, 0.717) is 6.04 Å². The molecule has 102 valence electrons. The Hall–Kier alpha value is -1.34. The van der Waals surface area contributed by atoms with Gasteiger partial charge < -0.3 is 0 Å². The summed E-state index contributed by atoms with van der Waals surface area (Å²) in [5.41, 5.74) is 5.77. The highest BCUT2D eigenvalue weighted by Crippen LogP contribution is 2.33. The summed E-state index contributed by atoms with van der Waals surface area (Å²) >= 11 is 0. The molecule has 0 amide bonds. The van der Waals surface area contributed by atoms with Crippen LogP contribution >= 0.6 is 0 Å². The third kappa shape index (κ3) is 3.36. The van der Waals surface area contributed by atoms with Gasteiger partial charge in [-0.3, -0.25) is 4.90 Å². The van der Waals surface area contributed by atoms with Crippen molar-refractivity contribution >= 4 is 0 Å². The molecule has 1 atom stereocenters. The zero-order chi connectivity index (χ0) is 13.8. The topological polar surface area (TPSA) is 3.24 Å². The Morgan fingerprint density at radius 3 is 2.26 bits per heavy atom. The van der Waals surface area contributed by atoms with Crippen LogP contribution in [0.15, 0.2) is 47.6 Å². The Labute approximate surface area is 117 Å². The number of nitrogens with zero attached hydrogens (tertiary/aromatic N) is 1. The molecule has 2 rings (SSSR count). The minimum atomic E-state index is 0.426. The first-order chi connectivity index (χ1) is 9.11. The van der Waals surface area contributed by atoms with Crippen molar-refractivity contribution in [2.45, 2.75) is 39.7 Å². The molecule has 0 N–H and O–H groups in total. The summed E-state index contributed by atoms with van der Waals surface area (Å²) in [7, 11) is 2.22. The fourth-order valence-electron chi connectivity index (χ4n) is 2.67. The Balaban J connectivity index is 2.34. The van der Waals surface area contributed by atoms with E-state index >= 15 is 0 Å². The maximum Gasteiger partial charge on any atom is 0.0561 e. The second-order valence-electron chi connectivity index (χ2n) is 5.64. The van der Waals surface area contributed by atoms with Crippen LogP contribution in [0.4, 0.5) is 0 Å². The van der Waals surface area contributed by atoms with Crippen LogP contribution in [0.3, 0.4) is 0 Å². The number of benzene rings is 1. The largest absolute Gasteiger partial charge is 0.296 e. The van der Waals surface area contributed by atoms with E-state index in [1.807, 2.05) is 0 Å². The van der Waals surface area contributed by atoms with Gasteiger partial charge >= 0.3 is 0 Å². The normalized spacial score (nSPS) is 17.1. The SMILES string of the molecule is CCN(C)C(C1=CC=C(C)CC1)c1ccc(C)cc1. The van der Waals surface area contributed by atoms with E-state index < -0.39 is 0 Å². The monoisotopic (exact) mass is 255 g/mol. The molecule has 0 aliphatic heterocycles. The van der Waals surface area contributed by atoms with E-state index in [1.54, 1.807) is 5.57 Å². The molecule has 1 aliphatic rings. The molecule has 1 heteroatoms. The lowest BCUT2D eigenvalue weighted by atomic mass is 9.89. The molecule has 0 saturated carbocycles. The number of hydrogen-bond donors (Lipinski definition) is 0. The van der Waals surface area contributed by atoms with Gasteiger partial charge in [-0.1, -0.05) is 54.5 Å². The van der Waals surface area contributed by atoms with Crippen LogP contribution in [0.1, 0.15) is 43.9 Å². The van der Waals surface area contributed by atoms with Crippen molar-refractivity contribution in [2.24, 2.45) is 0 Å². The molecule has 1 aliphatic carbocycles. The van der Waals surface area contributed by atoms with Gasteiger partial charge in [-0.2, -0.15) is 0 Å². The first-order valence-electron chi connectivity index (χ1n) is 7.25. The summed E-state index contributed by atoms with van der Waals surface area (Å²) in [4.78, 5) is 2.44. The zero-order valence-electron chi connectivity index (χ0n) is 12.6. The molecule has 19 heavy (non-hydrogen) atoms. The smallest absolute Gasteiger partial charge is 0.0561 e. The maximum atomic E-state index is 2.44. The van der Waals surface area contributed by atoms with Gasteiger partial charge in [-0.15, -0.1) is 0 Å². The lowest BCUT2D eigenvalue weighted by molar-refractivity contribution is 0.285. The molecule has 0 heterocycles. The minimum Gasteiger partial charge on any atom is -0.296 e. The Morgan fingerprint density at radius 1 is 1.05 bits per heavy atom. The molecular formula is C18H25N. The highest BCUT2D eigenvalue weighted by atomic mass is 15.1. The summed E-state index contributed by atoms with van der Waals surface area (Å²) < 4.78 is 0. The highest BCUT2D eigenvalue weighted by Gasteiger charge is 2.21. The number of allylic oxidation sites excluding steroid dienone is 3. The third-order valence-corrected chi connectivity index (χ3v) is 4.07. The van der Waals surface area contributed by atoms with Gasteiger partial charge in [0.05, 0.1) is 6.04 Å². The maximum absolute atomic E-state index is 2.44. The molecule has 1 unspecified atom stereocenters. The standard InChI is InChI=1S/C18H25N/c1-5-19(4)18(16-10-6-14(2)7-11-16)17-12-8-15(3)9-13-17/h6-8,10-12,18H,5,9,13H2,1-4H3. The van der Waals surface area contributed by atoms with Crippen LogP contribution in [0.2, 0.25) is 0 Å². The van der Waals surface area contributed by atoms with Gasteiger partial charge in [-0.05, 0) is 51.4 Å². The average Bonchev–Trinajstić information content (AvgIpc) is 2.43. The average molecular weight is 255 g/mol. The van der Waals surface area contributed by atoms with Crippen molar-refractivity contribution in [2.75, 3.05) is 13.6 Å². The van der Waals surface area contributed by atoms with Crippen LogP contribution in [-0.2, 0) is 0 Å². The summed E-state index contributed by atoms with van der Waals surface area (Å²) in [6.07, 6.45) is 7.00. The van der Waals surface area contributed by atoms with Crippen LogP contribution in [0.25, 0.3) is 0 Å². The molecule has 0 saturated heterocycles. The van der Waals surface area contributed by atoms with E-state index in [4.69, 9.17) is 0 Å². The fourth-order valence-corrected chi connectivity index (χ4v) is 2.67. The summed E-state index contributed by atoms with van der Waals surface area (Å²) in [6, 6.07) is 9.41. The van der Waals surface area contributed by atoms with Crippen LogP contribution < -0.4 is 0 Å². The number of aryl methyl sites for hydroxylation is 1. The summed E-state index contributed by atoms with van der Waals surface area (Å²) in [5.74, 6) is 0. The third-order valence-electron chi connectivity index (χ3n) is 4.07. The van der Waals surface area contributed by atoms with Gasteiger partial charge in [0.25, 0.3) is 0 Å². The van der Waals surface area contributed by atoms with Crippen molar-refractivity contribution in [1.82, 2.24) is 4.90 Å². The van der Waals surface area contributed by atoms with E-state index in [1.165, 1.54) is 29.5 Å². The molecule has 1 aromatic rings. The minimum absolute atomic E-state index is 0.426. The molecule has 0 radical (unpaired) electrons. The van der Waals surface area contributed by atoms with Crippen molar-refractivity contribution in [3.8, 4) is 0 Å². The predicted octanol–water partition coefficient (Wildman–Crippen LogP) is 4.65. The molecular weight excluding hydrogens is 230 g/mol. The van der Waals surface area contributed by atoms with Crippen molar-refractivity contribution in [3.63, 3.8) is 0 Å².